The maximum Gasteiger partial charge on any atom is 0.383 e. The molecule has 0 aliphatic carbocycles. The molecule has 0 fully saturated rings. The number of ether oxygens (including phenoxy) is 3. The number of carbonyl (C=O) groups is 1. The molecule has 0 spiro atoms. The monoisotopic (exact) mass is 490 g/mol. The van der Waals surface area contributed by atoms with Crippen LogP contribution in [0, 0.1) is 0 Å². The molecule has 0 saturated carbocycles. The van der Waals surface area contributed by atoms with Gasteiger partial charge in [-0.25, -0.2) is 9.59 Å². The lowest BCUT2D eigenvalue weighted by Gasteiger charge is -2.21. The Hall–Kier alpha value is -3.80. The van der Waals surface area contributed by atoms with Crippen molar-refractivity contribution in [3.8, 4) is 17.2 Å². The Morgan fingerprint density at radius 3 is 2.36 bits per heavy atom. The largest absolute Gasteiger partial charge is 0.488 e. The standard InChI is InChI=1S/C30H34O6/c1-20(2)11-10-12-21(3)17-18-33-27-26(35-28(31)22-13-8-7-9-14-22)24-16-15-23(36-30(4,5)6)19-25(24)34-29(27)32/h7-9,11,13-17,19H,10,12,18H2,1-6H3/b21-17+. The van der Waals surface area contributed by atoms with Crippen LogP contribution in [0.5, 0.6) is 17.2 Å². The van der Waals surface area contributed by atoms with E-state index in [2.05, 4.69) is 19.9 Å². The first kappa shape index (κ1) is 26.8. The summed E-state index contributed by atoms with van der Waals surface area (Å²) in [4.78, 5) is 25.8. The Balaban J connectivity index is 1.96. The van der Waals surface area contributed by atoms with Crippen LogP contribution < -0.4 is 19.8 Å². The third kappa shape index (κ3) is 7.60. The number of benzene rings is 2. The van der Waals surface area contributed by atoms with E-state index in [1.807, 2.05) is 33.8 Å². The Morgan fingerprint density at radius 2 is 1.69 bits per heavy atom. The van der Waals surface area contributed by atoms with Crippen molar-refractivity contribution in [3.63, 3.8) is 0 Å². The number of fused-ring (bicyclic) bond motifs is 1. The van der Waals surface area contributed by atoms with Gasteiger partial charge in [-0.2, -0.15) is 0 Å². The highest BCUT2D eigenvalue weighted by molar-refractivity contribution is 5.95. The molecule has 36 heavy (non-hydrogen) atoms. The summed E-state index contributed by atoms with van der Waals surface area (Å²) in [6.07, 6.45) is 5.90. The fourth-order valence-electron chi connectivity index (χ4n) is 3.46. The highest BCUT2D eigenvalue weighted by atomic mass is 16.6. The molecular formula is C30H34O6. The molecule has 0 radical (unpaired) electrons. The number of allylic oxidation sites excluding steroid dienone is 3. The lowest BCUT2D eigenvalue weighted by Crippen LogP contribution is -2.22. The number of carbonyl (C=O) groups excluding carboxylic acids is 1. The van der Waals surface area contributed by atoms with E-state index < -0.39 is 17.2 Å². The minimum Gasteiger partial charge on any atom is -0.488 e. The normalized spacial score (nSPS) is 11.8. The van der Waals surface area contributed by atoms with Crippen LogP contribution in [0.2, 0.25) is 0 Å². The van der Waals surface area contributed by atoms with Crippen molar-refractivity contribution in [2.75, 3.05) is 6.61 Å². The predicted molar refractivity (Wildman–Crippen MR) is 142 cm³/mol. The van der Waals surface area contributed by atoms with Gasteiger partial charge in [-0.05, 0) is 84.7 Å². The Kier molecular flexibility index (Phi) is 8.75. The van der Waals surface area contributed by atoms with Gasteiger partial charge in [0.25, 0.3) is 0 Å². The van der Waals surface area contributed by atoms with Crippen LogP contribution in [0.15, 0.2) is 81.0 Å². The van der Waals surface area contributed by atoms with E-state index in [1.54, 1.807) is 48.5 Å². The first-order valence-corrected chi connectivity index (χ1v) is 12.0. The number of hydrogen-bond donors (Lipinski definition) is 0. The smallest absolute Gasteiger partial charge is 0.383 e. The van der Waals surface area contributed by atoms with Gasteiger partial charge in [0.05, 0.1) is 10.9 Å². The van der Waals surface area contributed by atoms with Crippen molar-refractivity contribution in [2.45, 2.75) is 60.0 Å². The lowest BCUT2D eigenvalue weighted by atomic mass is 10.1. The summed E-state index contributed by atoms with van der Waals surface area (Å²) in [6.45, 7) is 12.1. The van der Waals surface area contributed by atoms with E-state index in [0.29, 0.717) is 16.7 Å². The lowest BCUT2D eigenvalue weighted by molar-refractivity contribution is 0.0730. The van der Waals surface area contributed by atoms with Crippen molar-refractivity contribution in [1.82, 2.24) is 0 Å². The Morgan fingerprint density at radius 1 is 0.972 bits per heavy atom. The molecule has 0 bridgehead atoms. The van der Waals surface area contributed by atoms with E-state index in [-0.39, 0.29) is 23.7 Å². The van der Waals surface area contributed by atoms with Gasteiger partial charge in [0, 0.05) is 6.07 Å². The van der Waals surface area contributed by atoms with Crippen LogP contribution in [0.25, 0.3) is 11.0 Å². The molecule has 1 aromatic heterocycles. The molecule has 0 aliphatic heterocycles. The Labute approximate surface area is 212 Å². The summed E-state index contributed by atoms with van der Waals surface area (Å²) in [5.41, 5.74) is 1.82. The highest BCUT2D eigenvalue weighted by Gasteiger charge is 2.22. The first-order valence-electron chi connectivity index (χ1n) is 12.0. The second kappa shape index (κ2) is 11.8. The molecule has 3 rings (SSSR count). The minimum atomic E-state index is -0.734. The number of hydrogen-bond acceptors (Lipinski definition) is 6. The first-order chi connectivity index (χ1) is 17.0. The third-order valence-corrected chi connectivity index (χ3v) is 5.17. The van der Waals surface area contributed by atoms with E-state index >= 15 is 0 Å². The zero-order chi connectivity index (χ0) is 26.3. The average Bonchev–Trinajstić information content (AvgIpc) is 2.79. The fourth-order valence-corrected chi connectivity index (χ4v) is 3.46. The van der Waals surface area contributed by atoms with Crippen molar-refractivity contribution in [2.24, 2.45) is 0 Å². The van der Waals surface area contributed by atoms with Crippen LogP contribution >= 0.6 is 0 Å². The SMILES string of the molecule is CC(C)=CCC/C(C)=C/COc1c(OC(=O)c2ccccc2)c2ccc(OC(C)(C)C)cc2oc1=O. The van der Waals surface area contributed by atoms with Crippen molar-refractivity contribution in [3.05, 3.63) is 87.8 Å². The molecular weight excluding hydrogens is 456 g/mol. The van der Waals surface area contributed by atoms with Gasteiger partial charge in [-0.1, -0.05) is 35.4 Å². The van der Waals surface area contributed by atoms with Gasteiger partial charge in [-0.15, -0.1) is 0 Å². The maximum atomic E-state index is 12.9. The zero-order valence-corrected chi connectivity index (χ0v) is 21.8. The van der Waals surface area contributed by atoms with Crippen molar-refractivity contribution >= 4 is 16.9 Å². The van der Waals surface area contributed by atoms with Crippen LogP contribution in [0.3, 0.4) is 0 Å². The summed E-state index contributed by atoms with van der Waals surface area (Å²) < 4.78 is 23.0. The molecule has 6 heteroatoms. The molecule has 3 aromatic rings. The summed E-state index contributed by atoms with van der Waals surface area (Å²) in [6, 6.07) is 13.6. The molecule has 6 nitrogen and oxygen atoms in total. The summed E-state index contributed by atoms with van der Waals surface area (Å²) in [5.74, 6) is -0.199. The summed E-state index contributed by atoms with van der Waals surface area (Å²) in [7, 11) is 0. The topological polar surface area (TPSA) is 75.0 Å². The van der Waals surface area contributed by atoms with Gasteiger partial charge in [-0.3, -0.25) is 0 Å². The van der Waals surface area contributed by atoms with E-state index in [0.717, 1.165) is 18.4 Å². The minimum absolute atomic E-state index is 0.0213. The van der Waals surface area contributed by atoms with E-state index in [1.165, 1.54) is 5.57 Å². The second-order valence-corrected chi connectivity index (χ2v) is 9.86. The summed E-state index contributed by atoms with van der Waals surface area (Å²) >= 11 is 0. The molecule has 0 atom stereocenters. The Bertz CT molecular complexity index is 1320. The van der Waals surface area contributed by atoms with E-state index in [4.69, 9.17) is 18.6 Å². The zero-order valence-electron chi connectivity index (χ0n) is 21.8. The highest BCUT2D eigenvalue weighted by Crippen LogP contribution is 2.36. The number of rotatable bonds is 9. The molecule has 0 N–H and O–H groups in total. The van der Waals surface area contributed by atoms with Crippen LogP contribution in [0.1, 0.15) is 64.7 Å². The fraction of sp³-hybridized carbons (Fsp3) is 0.333. The van der Waals surface area contributed by atoms with Gasteiger partial charge >= 0.3 is 11.6 Å². The second-order valence-electron chi connectivity index (χ2n) is 9.86. The molecule has 1 heterocycles. The maximum absolute atomic E-state index is 12.9. The van der Waals surface area contributed by atoms with Crippen molar-refractivity contribution in [1.29, 1.82) is 0 Å². The van der Waals surface area contributed by atoms with Gasteiger partial charge in [0.2, 0.25) is 5.75 Å². The molecule has 0 aliphatic rings. The third-order valence-electron chi connectivity index (χ3n) is 5.17. The van der Waals surface area contributed by atoms with Gasteiger partial charge in [0.1, 0.15) is 23.5 Å². The predicted octanol–water partition coefficient (Wildman–Crippen LogP) is 7.26. The molecule has 2 aromatic carbocycles. The summed E-state index contributed by atoms with van der Waals surface area (Å²) in [5, 5.41) is 0.430. The van der Waals surface area contributed by atoms with Crippen molar-refractivity contribution < 1.29 is 23.4 Å². The van der Waals surface area contributed by atoms with Gasteiger partial charge < -0.3 is 18.6 Å². The van der Waals surface area contributed by atoms with E-state index in [9.17, 15) is 9.59 Å². The molecule has 0 amide bonds. The molecule has 190 valence electrons. The quantitative estimate of drug-likeness (QED) is 0.178. The number of esters is 1. The molecule has 0 saturated heterocycles. The van der Waals surface area contributed by atoms with Crippen LogP contribution in [-0.4, -0.2) is 18.2 Å². The van der Waals surface area contributed by atoms with Crippen LogP contribution in [0.4, 0.5) is 0 Å². The average molecular weight is 491 g/mol. The molecule has 0 unspecified atom stereocenters. The van der Waals surface area contributed by atoms with Gasteiger partial charge in [0.15, 0.2) is 5.75 Å². The van der Waals surface area contributed by atoms with Crippen LogP contribution in [-0.2, 0) is 0 Å².